The zero-order chi connectivity index (χ0) is 16.3. The Labute approximate surface area is 138 Å². The number of urea groups is 1. The first kappa shape index (κ1) is 16.6. The number of carbonyl (C=O) groups is 2. The number of rotatable bonds is 3. The SMILES string of the molecule is COCCN1C(=O)CCC12CCCN(C(=O)N1CCCC1)CC2. The minimum absolute atomic E-state index is 0.0460. The summed E-state index contributed by atoms with van der Waals surface area (Å²) in [4.78, 5) is 30.9. The van der Waals surface area contributed by atoms with E-state index in [-0.39, 0.29) is 17.5 Å². The molecule has 3 amide bonds. The van der Waals surface area contributed by atoms with E-state index in [0.717, 1.165) is 64.7 Å². The molecule has 1 spiro atoms. The highest BCUT2D eigenvalue weighted by molar-refractivity contribution is 5.80. The first-order chi connectivity index (χ1) is 11.2. The number of nitrogens with zero attached hydrogens (tertiary/aromatic N) is 3. The van der Waals surface area contributed by atoms with Crippen molar-refractivity contribution in [3.63, 3.8) is 0 Å². The molecule has 6 heteroatoms. The third kappa shape index (κ3) is 3.32. The Hall–Kier alpha value is -1.30. The van der Waals surface area contributed by atoms with E-state index in [1.54, 1.807) is 7.11 Å². The lowest BCUT2D eigenvalue weighted by Gasteiger charge is -2.38. The lowest BCUT2D eigenvalue weighted by atomic mass is 9.88. The summed E-state index contributed by atoms with van der Waals surface area (Å²) in [5.74, 6) is 0.251. The molecule has 3 aliphatic rings. The molecule has 3 saturated heterocycles. The van der Waals surface area contributed by atoms with Crippen LogP contribution in [-0.2, 0) is 9.53 Å². The van der Waals surface area contributed by atoms with Crippen molar-refractivity contribution >= 4 is 11.9 Å². The second-order valence-corrected chi connectivity index (χ2v) is 7.08. The number of hydrogen-bond acceptors (Lipinski definition) is 3. The molecule has 0 saturated carbocycles. The Bertz CT molecular complexity index is 450. The van der Waals surface area contributed by atoms with Crippen LogP contribution in [0.15, 0.2) is 0 Å². The second kappa shape index (κ2) is 7.07. The number of ether oxygens (including phenoxy) is 1. The van der Waals surface area contributed by atoms with Gasteiger partial charge in [-0.25, -0.2) is 4.79 Å². The van der Waals surface area contributed by atoms with Gasteiger partial charge in [0.05, 0.1) is 6.61 Å². The Kier molecular flexibility index (Phi) is 5.09. The summed E-state index contributed by atoms with van der Waals surface area (Å²) >= 11 is 0. The Balaban J connectivity index is 1.64. The van der Waals surface area contributed by atoms with Crippen molar-refractivity contribution in [1.82, 2.24) is 14.7 Å². The number of methoxy groups -OCH3 is 1. The van der Waals surface area contributed by atoms with Crippen LogP contribution >= 0.6 is 0 Å². The summed E-state index contributed by atoms with van der Waals surface area (Å²) in [5.41, 5.74) is -0.0460. The first-order valence-corrected chi connectivity index (χ1v) is 8.99. The molecule has 3 rings (SSSR count). The third-order valence-electron chi connectivity index (χ3n) is 5.76. The van der Waals surface area contributed by atoms with E-state index in [1.165, 1.54) is 0 Å². The smallest absolute Gasteiger partial charge is 0.319 e. The second-order valence-electron chi connectivity index (χ2n) is 7.08. The van der Waals surface area contributed by atoms with Crippen molar-refractivity contribution in [2.75, 3.05) is 46.4 Å². The van der Waals surface area contributed by atoms with Crippen LogP contribution in [0, 0.1) is 0 Å². The van der Waals surface area contributed by atoms with Crippen LogP contribution in [0.1, 0.15) is 44.9 Å². The van der Waals surface area contributed by atoms with Crippen molar-refractivity contribution in [3.05, 3.63) is 0 Å². The molecular formula is C17H29N3O3. The maximum absolute atomic E-state index is 12.6. The van der Waals surface area contributed by atoms with Crippen molar-refractivity contribution in [2.45, 2.75) is 50.5 Å². The van der Waals surface area contributed by atoms with E-state index in [4.69, 9.17) is 4.74 Å². The van der Waals surface area contributed by atoms with Gasteiger partial charge in [-0.15, -0.1) is 0 Å². The molecule has 1 atom stereocenters. The third-order valence-corrected chi connectivity index (χ3v) is 5.76. The van der Waals surface area contributed by atoms with Crippen LogP contribution in [0.25, 0.3) is 0 Å². The van der Waals surface area contributed by atoms with Crippen LogP contribution in [0.4, 0.5) is 4.79 Å². The fourth-order valence-corrected chi connectivity index (χ4v) is 4.42. The summed E-state index contributed by atoms with van der Waals surface area (Å²) in [6.45, 7) is 4.66. The van der Waals surface area contributed by atoms with Gasteiger partial charge in [-0.3, -0.25) is 4.79 Å². The van der Waals surface area contributed by atoms with Gasteiger partial charge in [0.2, 0.25) is 5.91 Å². The van der Waals surface area contributed by atoms with Crippen LogP contribution in [-0.4, -0.2) is 78.6 Å². The molecule has 23 heavy (non-hydrogen) atoms. The van der Waals surface area contributed by atoms with Crippen molar-refractivity contribution in [3.8, 4) is 0 Å². The van der Waals surface area contributed by atoms with Gasteiger partial charge in [0.1, 0.15) is 0 Å². The average molecular weight is 323 g/mol. The van der Waals surface area contributed by atoms with Gasteiger partial charge in [-0.1, -0.05) is 0 Å². The van der Waals surface area contributed by atoms with Crippen LogP contribution in [0.2, 0.25) is 0 Å². The van der Waals surface area contributed by atoms with E-state index in [2.05, 4.69) is 0 Å². The van der Waals surface area contributed by atoms with Gasteiger partial charge in [0.15, 0.2) is 0 Å². The molecule has 0 radical (unpaired) electrons. The van der Waals surface area contributed by atoms with E-state index >= 15 is 0 Å². The van der Waals surface area contributed by atoms with E-state index < -0.39 is 0 Å². The highest BCUT2D eigenvalue weighted by Gasteiger charge is 2.45. The zero-order valence-corrected chi connectivity index (χ0v) is 14.3. The van der Waals surface area contributed by atoms with Crippen molar-refractivity contribution < 1.29 is 14.3 Å². The fourth-order valence-electron chi connectivity index (χ4n) is 4.42. The summed E-state index contributed by atoms with van der Waals surface area (Å²) in [5, 5.41) is 0. The first-order valence-electron chi connectivity index (χ1n) is 8.99. The predicted octanol–water partition coefficient (Wildman–Crippen LogP) is 1.70. The topological polar surface area (TPSA) is 53.1 Å². The average Bonchev–Trinajstić information content (AvgIpc) is 3.12. The minimum atomic E-state index is -0.0460. The molecule has 0 aromatic carbocycles. The molecular weight excluding hydrogens is 294 g/mol. The molecule has 3 aliphatic heterocycles. The Morgan fingerprint density at radius 1 is 1.04 bits per heavy atom. The molecule has 3 heterocycles. The normalized spacial score (nSPS) is 28.7. The van der Waals surface area contributed by atoms with Crippen LogP contribution in [0.5, 0.6) is 0 Å². The Morgan fingerprint density at radius 2 is 1.74 bits per heavy atom. The highest BCUT2D eigenvalue weighted by atomic mass is 16.5. The van der Waals surface area contributed by atoms with Crippen LogP contribution < -0.4 is 0 Å². The number of hydrogen-bond donors (Lipinski definition) is 0. The summed E-state index contributed by atoms with van der Waals surface area (Å²) in [6, 6.07) is 0.201. The Morgan fingerprint density at radius 3 is 2.48 bits per heavy atom. The number of likely N-dealkylation sites (tertiary alicyclic amines) is 3. The molecule has 130 valence electrons. The van der Waals surface area contributed by atoms with Crippen molar-refractivity contribution in [1.29, 1.82) is 0 Å². The zero-order valence-electron chi connectivity index (χ0n) is 14.3. The van der Waals surface area contributed by atoms with Crippen molar-refractivity contribution in [2.24, 2.45) is 0 Å². The van der Waals surface area contributed by atoms with Gasteiger partial charge in [0.25, 0.3) is 0 Å². The molecule has 1 unspecified atom stereocenters. The quantitative estimate of drug-likeness (QED) is 0.794. The monoisotopic (exact) mass is 323 g/mol. The lowest BCUT2D eigenvalue weighted by molar-refractivity contribution is -0.132. The maximum Gasteiger partial charge on any atom is 0.319 e. The molecule has 0 bridgehead atoms. The number of carbonyl (C=O) groups excluding carboxylic acids is 2. The number of amides is 3. The predicted molar refractivity (Wildman–Crippen MR) is 87.2 cm³/mol. The summed E-state index contributed by atoms with van der Waals surface area (Å²) in [6.07, 6.45) is 6.72. The molecule has 0 aliphatic carbocycles. The molecule has 6 nitrogen and oxygen atoms in total. The molecule has 3 fully saturated rings. The van der Waals surface area contributed by atoms with Gasteiger partial charge in [-0.05, 0) is 38.5 Å². The maximum atomic E-state index is 12.6. The van der Waals surface area contributed by atoms with Gasteiger partial charge < -0.3 is 19.4 Å². The summed E-state index contributed by atoms with van der Waals surface area (Å²) in [7, 11) is 1.68. The highest BCUT2D eigenvalue weighted by Crippen LogP contribution is 2.39. The lowest BCUT2D eigenvalue weighted by Crippen LogP contribution is -2.48. The van der Waals surface area contributed by atoms with E-state index in [1.807, 2.05) is 14.7 Å². The van der Waals surface area contributed by atoms with Crippen LogP contribution in [0.3, 0.4) is 0 Å². The molecule has 0 aromatic rings. The molecule has 0 N–H and O–H groups in total. The van der Waals surface area contributed by atoms with E-state index in [9.17, 15) is 9.59 Å². The van der Waals surface area contributed by atoms with Gasteiger partial charge in [-0.2, -0.15) is 0 Å². The van der Waals surface area contributed by atoms with E-state index in [0.29, 0.717) is 19.6 Å². The fraction of sp³-hybridized carbons (Fsp3) is 0.882. The minimum Gasteiger partial charge on any atom is -0.383 e. The van der Waals surface area contributed by atoms with Gasteiger partial charge >= 0.3 is 6.03 Å². The van der Waals surface area contributed by atoms with Gasteiger partial charge in [0, 0.05) is 51.8 Å². The molecule has 0 aromatic heterocycles. The summed E-state index contributed by atoms with van der Waals surface area (Å²) < 4.78 is 5.18. The largest absolute Gasteiger partial charge is 0.383 e. The standard InChI is InChI=1S/C17H29N3O3/c1-23-14-13-20-15(21)5-7-17(20)6-4-11-19(12-8-17)16(22)18-9-2-3-10-18/h2-14H2,1H3.